The first-order chi connectivity index (χ1) is 13.4. The van der Waals surface area contributed by atoms with Crippen LogP contribution < -0.4 is 5.32 Å². The third-order valence-corrected chi connectivity index (χ3v) is 4.88. The van der Waals surface area contributed by atoms with Crippen LogP contribution in [0.5, 0.6) is 0 Å². The Hall–Kier alpha value is -3.39. The lowest BCUT2D eigenvalue weighted by atomic mass is 9.78. The SMILES string of the molecule is c1ccc(NC(Cc2ccncc2)(c2ccccc2)c2ccccc2)cc1. The Morgan fingerprint density at radius 2 is 1.07 bits per heavy atom. The van der Waals surface area contributed by atoms with Crippen LogP contribution in [0.1, 0.15) is 16.7 Å². The van der Waals surface area contributed by atoms with Gasteiger partial charge in [-0.3, -0.25) is 4.98 Å². The van der Waals surface area contributed by atoms with Gasteiger partial charge in [0, 0.05) is 24.5 Å². The molecule has 1 heterocycles. The normalized spacial score (nSPS) is 11.1. The first-order valence-corrected chi connectivity index (χ1v) is 9.20. The van der Waals surface area contributed by atoms with Crippen molar-refractivity contribution in [3.8, 4) is 0 Å². The van der Waals surface area contributed by atoms with Crippen molar-refractivity contribution in [3.63, 3.8) is 0 Å². The number of nitrogens with zero attached hydrogens (tertiary/aromatic N) is 1. The Bertz CT molecular complexity index is 869. The highest BCUT2D eigenvalue weighted by molar-refractivity contribution is 5.54. The Labute approximate surface area is 160 Å². The highest BCUT2D eigenvalue weighted by Crippen LogP contribution is 2.36. The number of hydrogen-bond donors (Lipinski definition) is 1. The lowest BCUT2D eigenvalue weighted by molar-refractivity contribution is 0.584. The summed E-state index contributed by atoms with van der Waals surface area (Å²) in [6.45, 7) is 0. The first-order valence-electron chi connectivity index (χ1n) is 9.20. The Morgan fingerprint density at radius 1 is 0.593 bits per heavy atom. The number of aromatic nitrogens is 1. The summed E-state index contributed by atoms with van der Waals surface area (Å²) < 4.78 is 0. The maximum Gasteiger partial charge on any atom is 0.0920 e. The lowest BCUT2D eigenvalue weighted by Crippen LogP contribution is -2.39. The molecular weight excluding hydrogens is 328 g/mol. The maximum atomic E-state index is 4.18. The zero-order chi connectivity index (χ0) is 18.4. The van der Waals surface area contributed by atoms with Gasteiger partial charge in [0.2, 0.25) is 0 Å². The van der Waals surface area contributed by atoms with E-state index in [4.69, 9.17) is 0 Å². The van der Waals surface area contributed by atoms with Gasteiger partial charge in [-0.1, -0.05) is 78.9 Å². The molecule has 3 aromatic carbocycles. The summed E-state index contributed by atoms with van der Waals surface area (Å²) in [6.07, 6.45) is 4.54. The molecule has 1 aromatic heterocycles. The monoisotopic (exact) mass is 350 g/mol. The zero-order valence-electron chi connectivity index (χ0n) is 15.1. The van der Waals surface area contributed by atoms with Crippen LogP contribution in [-0.4, -0.2) is 4.98 Å². The fraction of sp³-hybridized carbons (Fsp3) is 0.0800. The predicted octanol–water partition coefficient (Wildman–Crippen LogP) is 5.68. The molecule has 0 spiro atoms. The van der Waals surface area contributed by atoms with Crippen LogP contribution in [-0.2, 0) is 12.0 Å². The highest BCUT2D eigenvalue weighted by atomic mass is 15.0. The number of nitrogens with one attached hydrogen (secondary N) is 1. The molecular formula is C25H22N2. The Kier molecular flexibility index (Phi) is 4.97. The van der Waals surface area contributed by atoms with Gasteiger partial charge < -0.3 is 5.32 Å². The van der Waals surface area contributed by atoms with Crippen molar-refractivity contribution >= 4 is 5.69 Å². The van der Waals surface area contributed by atoms with Gasteiger partial charge in [0.05, 0.1) is 5.54 Å². The molecule has 0 fully saturated rings. The molecule has 0 unspecified atom stereocenters. The highest BCUT2D eigenvalue weighted by Gasteiger charge is 2.34. The molecule has 0 aliphatic rings. The van der Waals surface area contributed by atoms with Crippen LogP contribution in [0, 0.1) is 0 Å². The summed E-state index contributed by atoms with van der Waals surface area (Å²) in [4.78, 5) is 4.18. The van der Waals surface area contributed by atoms with Gasteiger partial charge in [0.25, 0.3) is 0 Å². The van der Waals surface area contributed by atoms with Gasteiger partial charge in [0.15, 0.2) is 0 Å². The average molecular weight is 350 g/mol. The van der Waals surface area contributed by atoms with Gasteiger partial charge in [-0.15, -0.1) is 0 Å². The standard InChI is InChI=1S/C25H22N2/c1-4-10-22(11-5-1)25(23-12-6-2-7-13-23,20-21-16-18-26-19-17-21)27-24-14-8-3-9-15-24/h1-19,27H,20H2. The molecule has 0 aliphatic carbocycles. The molecule has 0 atom stereocenters. The van der Waals surface area contributed by atoms with E-state index in [2.05, 4.69) is 107 Å². The summed E-state index contributed by atoms with van der Waals surface area (Å²) >= 11 is 0. The second-order valence-corrected chi connectivity index (χ2v) is 6.66. The molecule has 0 radical (unpaired) electrons. The molecule has 0 aliphatic heterocycles. The third-order valence-electron chi connectivity index (χ3n) is 4.88. The van der Waals surface area contributed by atoms with Crippen molar-refractivity contribution in [1.29, 1.82) is 0 Å². The molecule has 0 amide bonds. The minimum absolute atomic E-state index is 0.384. The van der Waals surface area contributed by atoms with E-state index >= 15 is 0 Å². The summed E-state index contributed by atoms with van der Waals surface area (Å²) in [6, 6.07) is 35.9. The Morgan fingerprint density at radius 3 is 1.59 bits per heavy atom. The predicted molar refractivity (Wildman–Crippen MR) is 112 cm³/mol. The largest absolute Gasteiger partial charge is 0.371 e. The fourth-order valence-corrected chi connectivity index (χ4v) is 3.58. The van der Waals surface area contributed by atoms with Crippen LogP contribution in [0.4, 0.5) is 5.69 Å². The first kappa shape index (κ1) is 17.0. The van der Waals surface area contributed by atoms with E-state index in [1.807, 2.05) is 18.5 Å². The van der Waals surface area contributed by atoms with E-state index in [-0.39, 0.29) is 5.54 Å². The molecule has 2 nitrogen and oxygen atoms in total. The van der Waals surface area contributed by atoms with Crippen molar-refractivity contribution in [2.45, 2.75) is 12.0 Å². The van der Waals surface area contributed by atoms with E-state index in [0.29, 0.717) is 0 Å². The number of benzene rings is 3. The van der Waals surface area contributed by atoms with Crippen molar-refractivity contribution in [2.75, 3.05) is 5.32 Å². The molecule has 4 rings (SSSR count). The summed E-state index contributed by atoms with van der Waals surface area (Å²) in [5, 5.41) is 3.85. The van der Waals surface area contributed by atoms with E-state index in [9.17, 15) is 0 Å². The maximum absolute atomic E-state index is 4.18. The van der Waals surface area contributed by atoms with E-state index in [1.54, 1.807) is 0 Å². The van der Waals surface area contributed by atoms with Gasteiger partial charge in [0.1, 0.15) is 0 Å². The fourth-order valence-electron chi connectivity index (χ4n) is 3.58. The summed E-state index contributed by atoms with van der Waals surface area (Å²) in [5.41, 5.74) is 4.42. The van der Waals surface area contributed by atoms with Crippen LogP contribution in [0.3, 0.4) is 0 Å². The van der Waals surface area contributed by atoms with Crippen LogP contribution >= 0.6 is 0 Å². The number of hydrogen-bond acceptors (Lipinski definition) is 2. The van der Waals surface area contributed by atoms with E-state index in [0.717, 1.165) is 12.1 Å². The number of pyridine rings is 1. The van der Waals surface area contributed by atoms with Gasteiger partial charge in [-0.2, -0.15) is 0 Å². The second kappa shape index (κ2) is 7.88. The smallest absolute Gasteiger partial charge is 0.0920 e. The van der Waals surface area contributed by atoms with Gasteiger partial charge in [-0.25, -0.2) is 0 Å². The van der Waals surface area contributed by atoms with E-state index in [1.165, 1.54) is 16.7 Å². The molecule has 0 saturated carbocycles. The molecule has 27 heavy (non-hydrogen) atoms. The van der Waals surface area contributed by atoms with Crippen LogP contribution in [0.2, 0.25) is 0 Å². The minimum Gasteiger partial charge on any atom is -0.371 e. The number of para-hydroxylation sites is 1. The summed E-state index contributed by atoms with van der Waals surface area (Å²) in [7, 11) is 0. The molecule has 0 bridgehead atoms. The quantitative estimate of drug-likeness (QED) is 0.484. The Balaban J connectivity index is 1.90. The van der Waals surface area contributed by atoms with Crippen molar-refractivity contribution in [2.24, 2.45) is 0 Å². The van der Waals surface area contributed by atoms with Gasteiger partial charge >= 0.3 is 0 Å². The average Bonchev–Trinajstić information content (AvgIpc) is 2.76. The van der Waals surface area contributed by atoms with Crippen molar-refractivity contribution < 1.29 is 0 Å². The minimum atomic E-state index is -0.384. The molecule has 1 N–H and O–H groups in total. The number of rotatable bonds is 6. The molecule has 2 heteroatoms. The summed E-state index contributed by atoms with van der Waals surface area (Å²) in [5.74, 6) is 0. The zero-order valence-corrected chi connectivity index (χ0v) is 15.1. The van der Waals surface area contributed by atoms with Crippen molar-refractivity contribution in [3.05, 3.63) is 132 Å². The molecule has 132 valence electrons. The third kappa shape index (κ3) is 3.75. The van der Waals surface area contributed by atoms with Gasteiger partial charge in [-0.05, 0) is 41.0 Å². The topological polar surface area (TPSA) is 24.9 Å². The van der Waals surface area contributed by atoms with Crippen LogP contribution in [0.15, 0.2) is 116 Å². The molecule has 0 saturated heterocycles. The lowest BCUT2D eigenvalue weighted by Gasteiger charge is -2.37. The molecule has 4 aromatic rings. The second-order valence-electron chi connectivity index (χ2n) is 6.66. The van der Waals surface area contributed by atoms with Crippen molar-refractivity contribution in [1.82, 2.24) is 4.98 Å². The van der Waals surface area contributed by atoms with Crippen LogP contribution in [0.25, 0.3) is 0 Å². The number of anilines is 1. The van der Waals surface area contributed by atoms with E-state index < -0.39 is 0 Å².